The van der Waals surface area contributed by atoms with E-state index >= 15 is 0 Å². The predicted molar refractivity (Wildman–Crippen MR) is 85.2 cm³/mol. The second kappa shape index (κ2) is 7.41. The first-order chi connectivity index (χ1) is 10.1. The summed E-state index contributed by atoms with van der Waals surface area (Å²) in [6.07, 6.45) is 6.76. The molecule has 1 amide bonds. The summed E-state index contributed by atoms with van der Waals surface area (Å²) in [5, 5.41) is 3.45. The zero-order valence-corrected chi connectivity index (χ0v) is 13.0. The fraction of sp³-hybridized carbons (Fsp3) is 0.625. The fourth-order valence-corrected chi connectivity index (χ4v) is 3.00. The molecule has 0 saturated heterocycles. The highest BCUT2D eigenvalue weighted by atomic mass is 16.2. The number of nitrogens with two attached hydrogens (primary N) is 1. The number of pyridine rings is 1. The van der Waals surface area contributed by atoms with Gasteiger partial charge in [-0.25, -0.2) is 0 Å². The van der Waals surface area contributed by atoms with Gasteiger partial charge in [0.2, 0.25) is 0 Å². The molecule has 1 heterocycles. The van der Waals surface area contributed by atoms with Crippen molar-refractivity contribution in [1.29, 1.82) is 0 Å². The molecule has 0 aromatic carbocycles. The Morgan fingerprint density at radius 1 is 1.38 bits per heavy atom. The highest BCUT2D eigenvalue weighted by molar-refractivity contribution is 5.92. The molecule has 116 valence electrons. The Balaban J connectivity index is 1.96. The van der Waals surface area contributed by atoms with Gasteiger partial charge < -0.3 is 16.0 Å². The van der Waals surface area contributed by atoms with Crippen molar-refractivity contribution < 1.29 is 4.79 Å². The minimum Gasteiger partial charge on any atom is -0.385 e. The quantitative estimate of drug-likeness (QED) is 0.869. The fourth-order valence-electron chi connectivity index (χ4n) is 3.00. The Morgan fingerprint density at radius 2 is 2.10 bits per heavy atom. The Bertz CT molecular complexity index is 475. The van der Waals surface area contributed by atoms with Gasteiger partial charge in [-0.1, -0.05) is 12.8 Å². The first kappa shape index (κ1) is 15.8. The van der Waals surface area contributed by atoms with Crippen LogP contribution in [0.25, 0.3) is 0 Å². The standard InChI is InChI=1S/C16H26N4O/c1-20(2)16(21)15-9-14(7-8-18-15)19-11-13-6-4-3-5-12(13)10-17/h7-9,12-13H,3-6,10-11,17H2,1-2H3,(H,18,19). The number of aromatic nitrogens is 1. The SMILES string of the molecule is CN(C)C(=O)c1cc(NCC2CCCCC2CN)ccn1. The lowest BCUT2D eigenvalue weighted by molar-refractivity contribution is 0.0822. The summed E-state index contributed by atoms with van der Waals surface area (Å²) in [5.74, 6) is 1.18. The molecule has 2 atom stereocenters. The molecule has 0 radical (unpaired) electrons. The van der Waals surface area contributed by atoms with Gasteiger partial charge in [-0.05, 0) is 43.4 Å². The zero-order valence-electron chi connectivity index (χ0n) is 13.0. The third-order valence-corrected chi connectivity index (χ3v) is 4.32. The molecule has 1 aromatic rings. The third kappa shape index (κ3) is 4.17. The number of carbonyl (C=O) groups is 1. The highest BCUT2D eigenvalue weighted by Gasteiger charge is 2.23. The molecule has 1 saturated carbocycles. The number of nitrogens with one attached hydrogen (secondary N) is 1. The van der Waals surface area contributed by atoms with Gasteiger partial charge in [0.25, 0.3) is 5.91 Å². The number of rotatable bonds is 5. The molecule has 1 aromatic heterocycles. The van der Waals surface area contributed by atoms with Gasteiger partial charge in [0.05, 0.1) is 0 Å². The molecule has 0 aliphatic heterocycles. The maximum absolute atomic E-state index is 11.9. The van der Waals surface area contributed by atoms with Crippen LogP contribution in [0.2, 0.25) is 0 Å². The van der Waals surface area contributed by atoms with Gasteiger partial charge in [-0.3, -0.25) is 9.78 Å². The van der Waals surface area contributed by atoms with E-state index in [0.717, 1.165) is 18.8 Å². The molecule has 1 aliphatic rings. The summed E-state index contributed by atoms with van der Waals surface area (Å²) in [6, 6.07) is 3.73. The van der Waals surface area contributed by atoms with Crippen LogP contribution in [0.15, 0.2) is 18.3 Å². The van der Waals surface area contributed by atoms with Gasteiger partial charge in [0.1, 0.15) is 5.69 Å². The van der Waals surface area contributed by atoms with Crippen LogP contribution in [0.3, 0.4) is 0 Å². The van der Waals surface area contributed by atoms with Crippen molar-refractivity contribution in [3.8, 4) is 0 Å². The Labute approximate surface area is 126 Å². The van der Waals surface area contributed by atoms with Crippen LogP contribution < -0.4 is 11.1 Å². The predicted octanol–water partition coefficient (Wildman–Crippen LogP) is 1.96. The normalized spacial score (nSPS) is 21.9. The molecule has 5 nitrogen and oxygen atoms in total. The Morgan fingerprint density at radius 3 is 2.76 bits per heavy atom. The van der Waals surface area contributed by atoms with Crippen molar-refractivity contribution >= 4 is 11.6 Å². The van der Waals surface area contributed by atoms with Gasteiger partial charge in [0, 0.05) is 32.5 Å². The Hall–Kier alpha value is -1.62. The number of hydrogen-bond acceptors (Lipinski definition) is 4. The Kier molecular flexibility index (Phi) is 5.56. The van der Waals surface area contributed by atoms with E-state index in [1.165, 1.54) is 30.6 Å². The first-order valence-corrected chi connectivity index (χ1v) is 7.73. The number of anilines is 1. The highest BCUT2D eigenvalue weighted by Crippen LogP contribution is 2.29. The average molecular weight is 290 g/mol. The van der Waals surface area contributed by atoms with E-state index < -0.39 is 0 Å². The first-order valence-electron chi connectivity index (χ1n) is 7.73. The van der Waals surface area contributed by atoms with E-state index in [1.807, 2.05) is 12.1 Å². The molecule has 5 heteroatoms. The summed E-state index contributed by atoms with van der Waals surface area (Å²) >= 11 is 0. The van der Waals surface area contributed by atoms with E-state index in [4.69, 9.17) is 5.73 Å². The topological polar surface area (TPSA) is 71.2 Å². The van der Waals surface area contributed by atoms with E-state index in [1.54, 1.807) is 20.3 Å². The van der Waals surface area contributed by atoms with Crippen molar-refractivity contribution in [3.63, 3.8) is 0 Å². The number of nitrogens with zero attached hydrogens (tertiary/aromatic N) is 2. The molecule has 2 unspecified atom stereocenters. The van der Waals surface area contributed by atoms with E-state index in [2.05, 4.69) is 10.3 Å². The lowest BCUT2D eigenvalue weighted by atomic mass is 9.79. The van der Waals surface area contributed by atoms with Crippen LogP contribution >= 0.6 is 0 Å². The van der Waals surface area contributed by atoms with Crippen molar-refractivity contribution in [2.24, 2.45) is 17.6 Å². The second-order valence-electron chi connectivity index (χ2n) is 6.05. The maximum Gasteiger partial charge on any atom is 0.272 e. The van der Waals surface area contributed by atoms with Crippen molar-refractivity contribution in [2.75, 3.05) is 32.5 Å². The average Bonchev–Trinajstić information content (AvgIpc) is 2.52. The minimum absolute atomic E-state index is 0.0730. The van der Waals surface area contributed by atoms with Crippen LogP contribution in [-0.4, -0.2) is 43.0 Å². The lowest BCUT2D eigenvalue weighted by Gasteiger charge is -2.31. The summed E-state index contributed by atoms with van der Waals surface area (Å²) in [5.41, 5.74) is 7.30. The molecule has 0 spiro atoms. The molecular weight excluding hydrogens is 264 g/mol. The molecule has 1 fully saturated rings. The number of carbonyl (C=O) groups excluding carboxylic acids is 1. The van der Waals surface area contributed by atoms with E-state index in [0.29, 0.717) is 17.5 Å². The molecule has 2 rings (SSSR count). The molecular formula is C16H26N4O. The third-order valence-electron chi connectivity index (χ3n) is 4.32. The van der Waals surface area contributed by atoms with E-state index in [9.17, 15) is 4.79 Å². The van der Waals surface area contributed by atoms with Crippen LogP contribution in [0.5, 0.6) is 0 Å². The van der Waals surface area contributed by atoms with Crippen LogP contribution in [0, 0.1) is 11.8 Å². The van der Waals surface area contributed by atoms with Crippen molar-refractivity contribution in [1.82, 2.24) is 9.88 Å². The summed E-state index contributed by atoms with van der Waals surface area (Å²) in [7, 11) is 3.47. The van der Waals surface area contributed by atoms with Gasteiger partial charge in [-0.2, -0.15) is 0 Å². The van der Waals surface area contributed by atoms with Gasteiger partial charge >= 0.3 is 0 Å². The van der Waals surface area contributed by atoms with Crippen LogP contribution in [0.1, 0.15) is 36.2 Å². The molecule has 21 heavy (non-hydrogen) atoms. The van der Waals surface area contributed by atoms with Crippen molar-refractivity contribution in [3.05, 3.63) is 24.0 Å². The molecule has 3 N–H and O–H groups in total. The number of hydrogen-bond donors (Lipinski definition) is 2. The second-order valence-corrected chi connectivity index (χ2v) is 6.05. The smallest absolute Gasteiger partial charge is 0.272 e. The maximum atomic E-state index is 11.9. The minimum atomic E-state index is -0.0730. The van der Waals surface area contributed by atoms with Crippen LogP contribution in [-0.2, 0) is 0 Å². The monoisotopic (exact) mass is 290 g/mol. The molecule has 0 bridgehead atoms. The van der Waals surface area contributed by atoms with Crippen molar-refractivity contribution in [2.45, 2.75) is 25.7 Å². The largest absolute Gasteiger partial charge is 0.385 e. The molecule has 1 aliphatic carbocycles. The van der Waals surface area contributed by atoms with Gasteiger partial charge in [-0.15, -0.1) is 0 Å². The van der Waals surface area contributed by atoms with Crippen LogP contribution in [0.4, 0.5) is 5.69 Å². The van der Waals surface area contributed by atoms with Gasteiger partial charge in [0.15, 0.2) is 0 Å². The number of amides is 1. The summed E-state index contributed by atoms with van der Waals surface area (Å²) in [4.78, 5) is 17.6. The zero-order chi connectivity index (χ0) is 15.2. The lowest BCUT2D eigenvalue weighted by Crippen LogP contribution is -2.31. The van der Waals surface area contributed by atoms with E-state index in [-0.39, 0.29) is 5.91 Å². The summed E-state index contributed by atoms with van der Waals surface area (Å²) in [6.45, 7) is 1.69. The summed E-state index contributed by atoms with van der Waals surface area (Å²) < 4.78 is 0.